The van der Waals surface area contributed by atoms with E-state index >= 15 is 0 Å². The molecule has 162 valence electrons. The number of nitrogens with one attached hydrogen (secondary N) is 1. The molecule has 0 saturated heterocycles. The number of aryl methyl sites for hydroxylation is 3. The first-order chi connectivity index (χ1) is 15.4. The van der Waals surface area contributed by atoms with Gasteiger partial charge in [-0.25, -0.2) is 9.67 Å². The minimum absolute atomic E-state index is 0.115. The Morgan fingerprint density at radius 3 is 2.53 bits per heavy atom. The molecule has 0 radical (unpaired) electrons. The van der Waals surface area contributed by atoms with Gasteiger partial charge in [0, 0.05) is 17.9 Å². The van der Waals surface area contributed by atoms with Gasteiger partial charge in [-0.1, -0.05) is 35.5 Å². The van der Waals surface area contributed by atoms with Crippen LogP contribution in [-0.2, 0) is 4.79 Å². The molecule has 4 aromatic rings. The van der Waals surface area contributed by atoms with E-state index in [0.29, 0.717) is 21.9 Å². The molecular formula is C24H23N5O2S. The third-order valence-electron chi connectivity index (χ3n) is 5.58. The maximum atomic E-state index is 13.3. The van der Waals surface area contributed by atoms with Crippen molar-refractivity contribution in [3.8, 4) is 5.69 Å². The Morgan fingerprint density at radius 2 is 1.81 bits per heavy atom. The average Bonchev–Trinajstić information content (AvgIpc) is 3.33. The van der Waals surface area contributed by atoms with Crippen LogP contribution in [-0.4, -0.2) is 31.0 Å². The minimum atomic E-state index is -0.243. The van der Waals surface area contributed by atoms with Crippen LogP contribution in [0.2, 0.25) is 0 Å². The third-order valence-corrected chi connectivity index (χ3v) is 6.67. The minimum Gasteiger partial charge on any atom is -0.326 e. The molecule has 0 bridgehead atoms. The Bertz CT molecular complexity index is 1380. The Labute approximate surface area is 189 Å². The highest BCUT2D eigenvalue weighted by molar-refractivity contribution is 7.99. The predicted molar refractivity (Wildman–Crippen MR) is 127 cm³/mol. The Kier molecular flexibility index (Phi) is 5.09. The van der Waals surface area contributed by atoms with Crippen molar-refractivity contribution in [3.05, 3.63) is 75.7 Å². The summed E-state index contributed by atoms with van der Waals surface area (Å²) in [5.41, 5.74) is 5.35. The molecule has 1 amide bonds. The molecule has 3 heterocycles. The molecule has 7 nitrogen and oxygen atoms in total. The van der Waals surface area contributed by atoms with E-state index in [-0.39, 0.29) is 23.9 Å². The van der Waals surface area contributed by atoms with Gasteiger partial charge >= 0.3 is 0 Å². The molecule has 0 aliphatic carbocycles. The standard InChI is InChI=1S/C24H23N5O2S/c1-14-4-6-18(7-5-14)29-22-20(12-25-29)23(31)28-19(13-32-24(28)27-22)11-21(30)26-17-9-15(2)8-16(3)10-17/h4-10,12,19H,11,13H2,1-3H3,(H,26,30). The first-order valence-corrected chi connectivity index (χ1v) is 11.5. The molecule has 2 aromatic carbocycles. The van der Waals surface area contributed by atoms with Gasteiger partial charge in [-0.15, -0.1) is 0 Å². The van der Waals surface area contributed by atoms with Crippen LogP contribution in [0, 0.1) is 20.8 Å². The molecule has 8 heteroatoms. The summed E-state index contributed by atoms with van der Waals surface area (Å²) in [5.74, 6) is 0.517. The molecule has 1 aliphatic rings. The number of rotatable bonds is 4. The quantitative estimate of drug-likeness (QED) is 0.477. The van der Waals surface area contributed by atoms with Crippen molar-refractivity contribution in [2.75, 3.05) is 11.1 Å². The van der Waals surface area contributed by atoms with Crippen LogP contribution in [0.25, 0.3) is 16.7 Å². The van der Waals surface area contributed by atoms with Crippen molar-refractivity contribution in [3.63, 3.8) is 0 Å². The van der Waals surface area contributed by atoms with Gasteiger partial charge in [0.15, 0.2) is 10.8 Å². The lowest BCUT2D eigenvalue weighted by atomic mass is 10.1. The number of carbonyl (C=O) groups excluding carboxylic acids is 1. The zero-order chi connectivity index (χ0) is 22.4. The molecule has 0 saturated carbocycles. The SMILES string of the molecule is Cc1ccc(-n2ncc3c(=O)n4c(nc32)SCC4CC(=O)Nc2cc(C)cc(C)c2)cc1. The van der Waals surface area contributed by atoms with Crippen LogP contribution < -0.4 is 10.9 Å². The van der Waals surface area contributed by atoms with E-state index in [9.17, 15) is 9.59 Å². The molecule has 2 aromatic heterocycles. The summed E-state index contributed by atoms with van der Waals surface area (Å²) < 4.78 is 3.34. The first kappa shape index (κ1) is 20.5. The van der Waals surface area contributed by atoms with Gasteiger partial charge in [-0.05, 0) is 56.2 Å². The fraction of sp³-hybridized carbons (Fsp3) is 0.250. The van der Waals surface area contributed by atoms with E-state index in [1.807, 2.05) is 57.2 Å². The fourth-order valence-electron chi connectivity index (χ4n) is 4.13. The number of thioether (sulfide) groups is 1. The van der Waals surface area contributed by atoms with Gasteiger partial charge in [0.25, 0.3) is 5.56 Å². The zero-order valence-electron chi connectivity index (χ0n) is 18.1. The van der Waals surface area contributed by atoms with E-state index < -0.39 is 0 Å². The first-order valence-electron chi connectivity index (χ1n) is 10.5. The van der Waals surface area contributed by atoms with Crippen LogP contribution in [0.5, 0.6) is 0 Å². The van der Waals surface area contributed by atoms with Crippen molar-refractivity contribution >= 4 is 34.4 Å². The monoisotopic (exact) mass is 445 g/mol. The smallest absolute Gasteiger partial charge is 0.265 e. The number of fused-ring (bicyclic) bond motifs is 2. The number of aromatic nitrogens is 4. The van der Waals surface area contributed by atoms with Gasteiger partial charge in [-0.3, -0.25) is 14.2 Å². The highest BCUT2D eigenvalue weighted by atomic mass is 32.2. The van der Waals surface area contributed by atoms with Crippen molar-refractivity contribution < 1.29 is 4.79 Å². The maximum Gasteiger partial charge on any atom is 0.265 e. The second kappa shape index (κ2) is 7.94. The molecule has 1 N–H and O–H groups in total. The lowest BCUT2D eigenvalue weighted by Crippen LogP contribution is -2.27. The van der Waals surface area contributed by atoms with E-state index in [1.165, 1.54) is 11.8 Å². The maximum absolute atomic E-state index is 13.3. The van der Waals surface area contributed by atoms with E-state index in [1.54, 1.807) is 15.4 Å². The van der Waals surface area contributed by atoms with Crippen molar-refractivity contribution in [2.24, 2.45) is 0 Å². The molecule has 0 fully saturated rings. The number of amides is 1. The summed E-state index contributed by atoms with van der Waals surface area (Å²) in [6.45, 7) is 6.02. The normalized spacial score (nSPS) is 15.2. The lowest BCUT2D eigenvalue weighted by molar-refractivity contribution is -0.116. The summed E-state index contributed by atoms with van der Waals surface area (Å²) in [6.07, 6.45) is 1.78. The summed E-state index contributed by atoms with van der Waals surface area (Å²) in [5, 5.41) is 8.46. The molecular weight excluding hydrogens is 422 g/mol. The summed E-state index contributed by atoms with van der Waals surface area (Å²) in [4.78, 5) is 30.7. The second-order valence-corrected chi connectivity index (χ2v) is 9.28. The zero-order valence-corrected chi connectivity index (χ0v) is 18.9. The van der Waals surface area contributed by atoms with Gasteiger partial charge < -0.3 is 5.32 Å². The Hall–Kier alpha value is -3.39. The van der Waals surface area contributed by atoms with E-state index in [4.69, 9.17) is 4.98 Å². The molecule has 1 aliphatic heterocycles. The van der Waals surface area contributed by atoms with Crippen LogP contribution in [0.15, 0.2) is 58.6 Å². The summed E-state index contributed by atoms with van der Waals surface area (Å²) in [7, 11) is 0. The summed E-state index contributed by atoms with van der Waals surface area (Å²) >= 11 is 1.50. The topological polar surface area (TPSA) is 81.8 Å². The number of carbonyl (C=O) groups is 1. The molecule has 0 spiro atoms. The van der Waals surface area contributed by atoms with Crippen molar-refractivity contribution in [1.82, 2.24) is 19.3 Å². The highest BCUT2D eigenvalue weighted by Crippen LogP contribution is 2.33. The van der Waals surface area contributed by atoms with Gasteiger partial charge in [0.1, 0.15) is 5.39 Å². The molecule has 32 heavy (non-hydrogen) atoms. The fourth-order valence-corrected chi connectivity index (χ4v) is 5.26. The Morgan fingerprint density at radius 1 is 1.09 bits per heavy atom. The van der Waals surface area contributed by atoms with E-state index in [2.05, 4.69) is 16.5 Å². The van der Waals surface area contributed by atoms with Crippen molar-refractivity contribution in [2.45, 2.75) is 38.4 Å². The van der Waals surface area contributed by atoms with Crippen LogP contribution in [0.3, 0.4) is 0 Å². The highest BCUT2D eigenvalue weighted by Gasteiger charge is 2.29. The number of benzene rings is 2. The molecule has 1 unspecified atom stereocenters. The second-order valence-electron chi connectivity index (χ2n) is 8.29. The number of hydrogen-bond acceptors (Lipinski definition) is 5. The van der Waals surface area contributed by atoms with Gasteiger partial charge in [0.2, 0.25) is 5.91 Å². The van der Waals surface area contributed by atoms with Crippen LogP contribution in [0.1, 0.15) is 29.2 Å². The number of anilines is 1. The van der Waals surface area contributed by atoms with Crippen molar-refractivity contribution in [1.29, 1.82) is 0 Å². The van der Waals surface area contributed by atoms with Gasteiger partial charge in [-0.2, -0.15) is 5.10 Å². The third kappa shape index (κ3) is 3.71. The number of hydrogen-bond donors (Lipinski definition) is 1. The molecule has 5 rings (SSSR count). The summed E-state index contributed by atoms with van der Waals surface area (Å²) in [6, 6.07) is 13.6. The largest absolute Gasteiger partial charge is 0.326 e. The number of nitrogens with zero attached hydrogens (tertiary/aromatic N) is 4. The lowest BCUT2D eigenvalue weighted by Gasteiger charge is -2.14. The van der Waals surface area contributed by atoms with Gasteiger partial charge in [0.05, 0.1) is 17.9 Å². The Balaban J connectivity index is 1.43. The predicted octanol–water partition coefficient (Wildman–Crippen LogP) is 4.18. The van der Waals surface area contributed by atoms with Crippen LogP contribution in [0.4, 0.5) is 5.69 Å². The molecule has 1 atom stereocenters. The van der Waals surface area contributed by atoms with E-state index in [0.717, 1.165) is 28.1 Å². The van der Waals surface area contributed by atoms with Crippen LogP contribution >= 0.6 is 11.8 Å². The average molecular weight is 446 g/mol.